The van der Waals surface area contributed by atoms with E-state index in [1.54, 1.807) is 6.33 Å². The first-order valence-electron chi connectivity index (χ1n) is 13.8. The molecule has 6 rings (SSSR count). The van der Waals surface area contributed by atoms with Gasteiger partial charge in [-0.1, -0.05) is 42.5 Å². The summed E-state index contributed by atoms with van der Waals surface area (Å²) in [5.74, 6) is 3.18. The predicted octanol–water partition coefficient (Wildman–Crippen LogP) is 3.30. The van der Waals surface area contributed by atoms with Crippen molar-refractivity contribution < 1.29 is 4.74 Å². The molecule has 2 aromatic carbocycles. The molecule has 4 heterocycles. The number of hydrogen-bond acceptors (Lipinski definition) is 9. The monoisotopic (exact) mass is 522 g/mol. The van der Waals surface area contributed by atoms with Gasteiger partial charge in [0.2, 0.25) is 11.9 Å². The van der Waals surface area contributed by atoms with Crippen molar-refractivity contribution in [1.82, 2.24) is 30.2 Å². The zero-order chi connectivity index (χ0) is 26.3. The number of nitrogens with zero attached hydrogens (tertiary/aromatic N) is 7. The van der Waals surface area contributed by atoms with Crippen LogP contribution in [0.25, 0.3) is 0 Å². The molecule has 0 unspecified atom stereocenters. The summed E-state index contributed by atoms with van der Waals surface area (Å²) in [6.45, 7) is 5.24. The molecule has 9 nitrogen and oxygen atoms in total. The molecule has 39 heavy (non-hydrogen) atoms. The van der Waals surface area contributed by atoms with Crippen LogP contribution in [0.3, 0.4) is 0 Å². The Hall–Kier alpha value is -4.11. The molecule has 0 radical (unpaired) electrons. The van der Waals surface area contributed by atoms with Crippen LogP contribution in [-0.4, -0.2) is 70.3 Å². The van der Waals surface area contributed by atoms with Crippen LogP contribution in [-0.2, 0) is 12.8 Å². The van der Waals surface area contributed by atoms with E-state index in [9.17, 15) is 0 Å². The average Bonchev–Trinajstić information content (AvgIpc) is 3.00. The van der Waals surface area contributed by atoms with Gasteiger partial charge in [0.25, 0.3) is 0 Å². The molecule has 4 aromatic rings. The highest BCUT2D eigenvalue weighted by Gasteiger charge is 2.21. The third kappa shape index (κ3) is 6.67. The molecular formula is C30H34N8O. The second kappa shape index (κ2) is 12.2. The minimum atomic E-state index is 0.252. The Kier molecular flexibility index (Phi) is 7.86. The second-order valence-corrected chi connectivity index (χ2v) is 10.1. The Morgan fingerprint density at radius 2 is 1.46 bits per heavy atom. The van der Waals surface area contributed by atoms with E-state index >= 15 is 0 Å². The summed E-state index contributed by atoms with van der Waals surface area (Å²) in [6.07, 6.45) is 9.50. The number of rotatable bonds is 8. The summed E-state index contributed by atoms with van der Waals surface area (Å²) in [4.78, 5) is 27.4. The zero-order valence-corrected chi connectivity index (χ0v) is 22.1. The molecule has 0 saturated carbocycles. The fraction of sp³-hybridized carbons (Fsp3) is 0.367. The van der Waals surface area contributed by atoms with Crippen molar-refractivity contribution in [2.24, 2.45) is 0 Å². The Labute approximate surface area is 229 Å². The molecule has 1 atom stereocenters. The van der Waals surface area contributed by atoms with Crippen LogP contribution in [0.4, 0.5) is 11.9 Å². The molecular weight excluding hydrogens is 488 g/mol. The second-order valence-electron chi connectivity index (χ2n) is 10.1. The standard InChI is InChI=1S/C30H34N8O/c1-2-5-23(6-3-1)17-25-19-32-29(33-20-25)37-13-15-38(16-14-37)30-35-22-34-28(36-30)18-24-8-10-26(11-9-24)39-27-7-4-12-31-21-27/h1-3,5-6,8-11,19-20,22,27,31H,4,7,12-18,21H2/t27-/m1/s1. The minimum Gasteiger partial charge on any atom is -0.489 e. The lowest BCUT2D eigenvalue weighted by Gasteiger charge is -2.34. The number of piperidine rings is 1. The molecule has 2 fully saturated rings. The minimum absolute atomic E-state index is 0.252. The Balaban J connectivity index is 1.01. The third-order valence-corrected chi connectivity index (χ3v) is 7.24. The van der Waals surface area contributed by atoms with Crippen molar-refractivity contribution in [2.75, 3.05) is 49.1 Å². The summed E-state index contributed by atoms with van der Waals surface area (Å²) in [7, 11) is 0. The topological polar surface area (TPSA) is 92.2 Å². The van der Waals surface area contributed by atoms with Gasteiger partial charge < -0.3 is 19.9 Å². The Bertz CT molecular complexity index is 1320. The van der Waals surface area contributed by atoms with Gasteiger partial charge in [-0.05, 0) is 48.2 Å². The van der Waals surface area contributed by atoms with Crippen LogP contribution < -0.4 is 19.9 Å². The predicted molar refractivity (Wildman–Crippen MR) is 151 cm³/mol. The Morgan fingerprint density at radius 3 is 2.18 bits per heavy atom. The van der Waals surface area contributed by atoms with Gasteiger partial charge in [-0.3, -0.25) is 0 Å². The quantitative estimate of drug-likeness (QED) is 0.374. The van der Waals surface area contributed by atoms with Crippen LogP contribution >= 0.6 is 0 Å². The molecule has 0 aliphatic carbocycles. The van der Waals surface area contributed by atoms with Crippen molar-refractivity contribution >= 4 is 11.9 Å². The van der Waals surface area contributed by atoms with Gasteiger partial charge in [0.05, 0.1) is 0 Å². The number of nitrogens with one attached hydrogen (secondary N) is 1. The fourth-order valence-corrected chi connectivity index (χ4v) is 5.08. The molecule has 0 amide bonds. The first-order chi connectivity index (χ1) is 19.3. The number of ether oxygens (including phenoxy) is 1. The highest BCUT2D eigenvalue weighted by Crippen LogP contribution is 2.19. The fourth-order valence-electron chi connectivity index (χ4n) is 5.08. The van der Waals surface area contributed by atoms with Gasteiger partial charge in [0.1, 0.15) is 24.0 Å². The molecule has 9 heteroatoms. The molecule has 200 valence electrons. The molecule has 0 bridgehead atoms. The molecule has 2 aliphatic rings. The molecule has 0 spiro atoms. The van der Waals surface area contributed by atoms with E-state index in [0.717, 1.165) is 93.1 Å². The lowest BCUT2D eigenvalue weighted by molar-refractivity contribution is 0.167. The molecule has 1 N–H and O–H groups in total. The van der Waals surface area contributed by atoms with Gasteiger partial charge in [-0.15, -0.1) is 0 Å². The summed E-state index contributed by atoms with van der Waals surface area (Å²) in [5.41, 5.74) is 3.53. The van der Waals surface area contributed by atoms with Crippen molar-refractivity contribution in [3.63, 3.8) is 0 Å². The first kappa shape index (κ1) is 25.2. The summed E-state index contributed by atoms with van der Waals surface area (Å²) < 4.78 is 6.11. The number of benzene rings is 2. The summed E-state index contributed by atoms with van der Waals surface area (Å²) in [6, 6.07) is 18.7. The number of piperazine rings is 1. The molecule has 2 saturated heterocycles. The lowest BCUT2D eigenvalue weighted by atomic mass is 10.1. The van der Waals surface area contributed by atoms with Crippen LogP contribution in [0.15, 0.2) is 73.3 Å². The van der Waals surface area contributed by atoms with E-state index in [-0.39, 0.29) is 6.10 Å². The van der Waals surface area contributed by atoms with Gasteiger partial charge in [0.15, 0.2) is 0 Å². The normalized spacial score (nSPS) is 17.7. The van der Waals surface area contributed by atoms with E-state index in [1.807, 2.05) is 30.6 Å². The van der Waals surface area contributed by atoms with Crippen LogP contribution in [0.1, 0.15) is 35.4 Å². The zero-order valence-electron chi connectivity index (χ0n) is 22.1. The van der Waals surface area contributed by atoms with Gasteiger partial charge in [-0.2, -0.15) is 4.98 Å². The van der Waals surface area contributed by atoms with Crippen LogP contribution in [0.5, 0.6) is 5.75 Å². The van der Waals surface area contributed by atoms with E-state index < -0.39 is 0 Å². The molecule has 2 aliphatic heterocycles. The van der Waals surface area contributed by atoms with Crippen molar-refractivity contribution in [1.29, 1.82) is 0 Å². The highest BCUT2D eigenvalue weighted by atomic mass is 16.5. The van der Waals surface area contributed by atoms with E-state index in [2.05, 4.69) is 71.5 Å². The summed E-state index contributed by atoms with van der Waals surface area (Å²) in [5, 5.41) is 3.39. The van der Waals surface area contributed by atoms with Gasteiger partial charge in [0, 0.05) is 58.0 Å². The average molecular weight is 523 g/mol. The van der Waals surface area contributed by atoms with E-state index in [4.69, 9.17) is 9.72 Å². The van der Waals surface area contributed by atoms with E-state index in [1.165, 1.54) is 5.56 Å². The maximum Gasteiger partial charge on any atom is 0.228 e. The third-order valence-electron chi connectivity index (χ3n) is 7.24. The number of anilines is 2. The summed E-state index contributed by atoms with van der Waals surface area (Å²) >= 11 is 0. The van der Waals surface area contributed by atoms with Crippen molar-refractivity contribution in [3.05, 3.63) is 95.8 Å². The lowest BCUT2D eigenvalue weighted by Crippen LogP contribution is -2.47. The highest BCUT2D eigenvalue weighted by molar-refractivity contribution is 5.38. The largest absolute Gasteiger partial charge is 0.489 e. The smallest absolute Gasteiger partial charge is 0.228 e. The molecule has 2 aromatic heterocycles. The van der Waals surface area contributed by atoms with Crippen molar-refractivity contribution in [3.8, 4) is 5.75 Å². The van der Waals surface area contributed by atoms with Gasteiger partial charge in [-0.25, -0.2) is 19.9 Å². The number of aromatic nitrogens is 5. The van der Waals surface area contributed by atoms with Crippen molar-refractivity contribution in [2.45, 2.75) is 31.8 Å². The van der Waals surface area contributed by atoms with Crippen LogP contribution in [0, 0.1) is 0 Å². The SMILES string of the molecule is c1ccc(Cc2cnc(N3CCN(c4ncnc(Cc5ccc(O[C@@H]6CCCNC6)cc5)n4)CC3)nc2)cc1. The Morgan fingerprint density at radius 1 is 0.744 bits per heavy atom. The van der Waals surface area contributed by atoms with Gasteiger partial charge >= 0.3 is 0 Å². The van der Waals surface area contributed by atoms with Crippen LogP contribution in [0.2, 0.25) is 0 Å². The number of hydrogen-bond donors (Lipinski definition) is 1. The maximum absolute atomic E-state index is 6.11. The first-order valence-corrected chi connectivity index (χ1v) is 13.8. The maximum atomic E-state index is 6.11. The van der Waals surface area contributed by atoms with E-state index in [0.29, 0.717) is 6.42 Å².